The normalized spacial score (nSPS) is 10.9. The second kappa shape index (κ2) is 6.45. The summed E-state index contributed by atoms with van der Waals surface area (Å²) in [4.78, 5) is 0. The number of hydrogen-bond donors (Lipinski definition) is 1. The van der Waals surface area contributed by atoms with Crippen molar-refractivity contribution in [3.63, 3.8) is 0 Å². The monoisotopic (exact) mass is 263 g/mol. The minimum Gasteiger partial charge on any atom is -0.383 e. The number of nitrogens with one attached hydrogen (secondary N) is 1. The van der Waals surface area contributed by atoms with E-state index < -0.39 is 0 Å². The van der Waals surface area contributed by atoms with Crippen LogP contribution in [-0.4, -0.2) is 30.0 Å². The number of hydrogen-bond acceptors (Lipinski definition) is 3. The third-order valence-corrected chi connectivity index (χ3v) is 2.85. The van der Waals surface area contributed by atoms with Crippen LogP contribution in [-0.2, 0) is 11.3 Å². The Balaban J connectivity index is 2.21. The van der Waals surface area contributed by atoms with E-state index in [4.69, 9.17) is 4.74 Å². The highest BCUT2D eigenvalue weighted by atomic mass is 19.1. The lowest BCUT2D eigenvalue weighted by Crippen LogP contribution is -2.20. The fourth-order valence-electron chi connectivity index (χ4n) is 1.87. The summed E-state index contributed by atoms with van der Waals surface area (Å²) in [6.07, 6.45) is 1.84. The van der Waals surface area contributed by atoms with Crippen molar-refractivity contribution in [1.82, 2.24) is 15.1 Å². The summed E-state index contributed by atoms with van der Waals surface area (Å²) >= 11 is 0. The zero-order valence-electron chi connectivity index (χ0n) is 11.2. The quantitative estimate of drug-likeness (QED) is 0.811. The number of benzene rings is 1. The average Bonchev–Trinajstić information content (AvgIpc) is 2.82. The summed E-state index contributed by atoms with van der Waals surface area (Å²) in [6, 6.07) is 6.92. The summed E-state index contributed by atoms with van der Waals surface area (Å²) < 4.78 is 20.6. The topological polar surface area (TPSA) is 39.1 Å². The van der Waals surface area contributed by atoms with E-state index in [1.165, 1.54) is 6.07 Å². The van der Waals surface area contributed by atoms with Crippen LogP contribution in [0.5, 0.6) is 0 Å². The molecule has 19 heavy (non-hydrogen) atoms. The molecule has 5 heteroatoms. The molecule has 0 aliphatic rings. The van der Waals surface area contributed by atoms with Crippen LogP contribution in [0.3, 0.4) is 0 Å². The van der Waals surface area contributed by atoms with Crippen LogP contribution in [0.25, 0.3) is 5.69 Å². The van der Waals surface area contributed by atoms with Gasteiger partial charge in [0.15, 0.2) is 0 Å². The average molecular weight is 263 g/mol. The maximum absolute atomic E-state index is 13.9. The lowest BCUT2D eigenvalue weighted by molar-refractivity contribution is 0.199. The van der Waals surface area contributed by atoms with E-state index in [0.717, 1.165) is 11.4 Å². The van der Waals surface area contributed by atoms with Crippen molar-refractivity contribution >= 4 is 0 Å². The lowest BCUT2D eigenvalue weighted by Gasteiger charge is -2.11. The number of halogens is 1. The molecule has 1 N–H and O–H groups in total. The largest absolute Gasteiger partial charge is 0.383 e. The number of nitrogens with zero attached hydrogens (tertiary/aromatic N) is 2. The van der Waals surface area contributed by atoms with Crippen molar-refractivity contribution in [3.05, 3.63) is 47.5 Å². The van der Waals surface area contributed by atoms with E-state index >= 15 is 0 Å². The van der Waals surface area contributed by atoms with Crippen LogP contribution >= 0.6 is 0 Å². The Morgan fingerprint density at radius 2 is 2.21 bits per heavy atom. The first kappa shape index (κ1) is 13.7. The molecule has 0 aliphatic carbocycles. The smallest absolute Gasteiger partial charge is 0.129 e. The van der Waals surface area contributed by atoms with Gasteiger partial charge in [-0.3, -0.25) is 0 Å². The fourth-order valence-corrected chi connectivity index (χ4v) is 1.87. The number of methoxy groups -OCH3 is 1. The molecule has 2 aromatic rings. The van der Waals surface area contributed by atoms with E-state index in [2.05, 4.69) is 10.4 Å². The van der Waals surface area contributed by atoms with E-state index in [9.17, 15) is 4.39 Å². The number of aromatic nitrogens is 2. The summed E-state index contributed by atoms with van der Waals surface area (Å²) in [5.41, 5.74) is 2.28. The van der Waals surface area contributed by atoms with Crippen LogP contribution in [0.4, 0.5) is 4.39 Å². The van der Waals surface area contributed by atoms with Gasteiger partial charge >= 0.3 is 0 Å². The standard InChI is InChI=1S/C14H18FN3O/c1-11-6-8-18(17-11)14-5-3-4-13(15)12(14)10-16-7-9-19-2/h3-6,8,16H,7,9-10H2,1-2H3. The van der Waals surface area contributed by atoms with Gasteiger partial charge in [-0.25, -0.2) is 9.07 Å². The first-order valence-corrected chi connectivity index (χ1v) is 6.22. The fraction of sp³-hybridized carbons (Fsp3) is 0.357. The Bertz CT molecular complexity index is 539. The molecule has 1 heterocycles. The molecule has 4 nitrogen and oxygen atoms in total. The molecule has 0 spiro atoms. The SMILES string of the molecule is COCCNCc1c(F)cccc1-n1ccc(C)n1. The molecule has 0 saturated carbocycles. The molecular weight excluding hydrogens is 245 g/mol. The second-order valence-corrected chi connectivity index (χ2v) is 4.31. The van der Waals surface area contributed by atoms with Gasteiger partial charge in [-0.2, -0.15) is 5.10 Å². The first-order chi connectivity index (χ1) is 9.22. The van der Waals surface area contributed by atoms with Gasteiger partial charge in [0.2, 0.25) is 0 Å². The molecular formula is C14H18FN3O. The molecule has 0 saturated heterocycles. The van der Waals surface area contributed by atoms with Gasteiger partial charge in [0.25, 0.3) is 0 Å². The minimum atomic E-state index is -0.226. The molecule has 2 rings (SSSR count). The van der Waals surface area contributed by atoms with Crippen LogP contribution in [0.2, 0.25) is 0 Å². The van der Waals surface area contributed by atoms with Crippen LogP contribution < -0.4 is 5.32 Å². The van der Waals surface area contributed by atoms with Crippen molar-refractivity contribution in [3.8, 4) is 5.69 Å². The molecule has 0 amide bonds. The number of aryl methyl sites for hydroxylation is 1. The zero-order chi connectivity index (χ0) is 13.7. The van der Waals surface area contributed by atoms with Crippen LogP contribution in [0, 0.1) is 12.7 Å². The van der Waals surface area contributed by atoms with Crippen LogP contribution in [0.15, 0.2) is 30.5 Å². The van der Waals surface area contributed by atoms with Gasteiger partial charge in [0.1, 0.15) is 5.82 Å². The number of rotatable bonds is 6. The predicted octanol–water partition coefficient (Wildman–Crippen LogP) is 2.06. The lowest BCUT2D eigenvalue weighted by atomic mass is 10.1. The van der Waals surface area contributed by atoms with Crippen molar-refractivity contribution in [1.29, 1.82) is 0 Å². The van der Waals surface area contributed by atoms with Gasteiger partial charge in [-0.1, -0.05) is 6.07 Å². The molecule has 1 aromatic carbocycles. The molecule has 0 unspecified atom stereocenters. The molecule has 0 radical (unpaired) electrons. The molecule has 0 fully saturated rings. The molecule has 1 aromatic heterocycles. The Labute approximate surface area is 112 Å². The Morgan fingerprint density at radius 1 is 1.37 bits per heavy atom. The maximum atomic E-state index is 13.9. The molecule has 102 valence electrons. The molecule has 0 atom stereocenters. The van der Waals surface area contributed by atoms with Gasteiger partial charge in [0.05, 0.1) is 18.0 Å². The zero-order valence-corrected chi connectivity index (χ0v) is 11.2. The van der Waals surface area contributed by atoms with E-state index in [0.29, 0.717) is 25.3 Å². The third kappa shape index (κ3) is 3.39. The van der Waals surface area contributed by atoms with Gasteiger partial charge in [-0.05, 0) is 25.1 Å². The molecule has 0 aliphatic heterocycles. The predicted molar refractivity (Wildman–Crippen MR) is 71.8 cm³/mol. The second-order valence-electron chi connectivity index (χ2n) is 4.31. The summed E-state index contributed by atoms with van der Waals surface area (Å²) in [5, 5.41) is 7.48. The van der Waals surface area contributed by atoms with Crippen molar-refractivity contribution in [2.24, 2.45) is 0 Å². The minimum absolute atomic E-state index is 0.226. The highest BCUT2D eigenvalue weighted by Gasteiger charge is 2.10. The van der Waals surface area contributed by atoms with E-state index in [1.54, 1.807) is 17.9 Å². The summed E-state index contributed by atoms with van der Waals surface area (Å²) in [5.74, 6) is -0.226. The van der Waals surface area contributed by atoms with Gasteiger partial charge in [-0.15, -0.1) is 0 Å². The molecule has 0 bridgehead atoms. The van der Waals surface area contributed by atoms with Gasteiger partial charge in [0, 0.05) is 32.0 Å². The van der Waals surface area contributed by atoms with E-state index in [1.807, 2.05) is 25.3 Å². The first-order valence-electron chi connectivity index (χ1n) is 6.22. The Hall–Kier alpha value is -1.72. The highest BCUT2D eigenvalue weighted by molar-refractivity contribution is 5.41. The highest BCUT2D eigenvalue weighted by Crippen LogP contribution is 2.17. The summed E-state index contributed by atoms with van der Waals surface area (Å²) in [6.45, 7) is 3.64. The van der Waals surface area contributed by atoms with Gasteiger partial charge < -0.3 is 10.1 Å². The Kier molecular flexibility index (Phi) is 4.65. The van der Waals surface area contributed by atoms with Crippen molar-refractivity contribution < 1.29 is 9.13 Å². The summed E-state index contributed by atoms with van der Waals surface area (Å²) in [7, 11) is 1.64. The van der Waals surface area contributed by atoms with Crippen molar-refractivity contribution in [2.45, 2.75) is 13.5 Å². The van der Waals surface area contributed by atoms with Crippen molar-refractivity contribution in [2.75, 3.05) is 20.3 Å². The Morgan fingerprint density at radius 3 is 2.89 bits per heavy atom. The van der Waals surface area contributed by atoms with Crippen LogP contribution in [0.1, 0.15) is 11.3 Å². The number of ether oxygens (including phenoxy) is 1. The van der Waals surface area contributed by atoms with E-state index in [-0.39, 0.29) is 5.82 Å². The third-order valence-electron chi connectivity index (χ3n) is 2.85. The maximum Gasteiger partial charge on any atom is 0.129 e.